The first-order valence-electron chi connectivity index (χ1n) is 13.7. The summed E-state index contributed by atoms with van der Waals surface area (Å²) < 4.78 is 60.4. The molecule has 0 spiro atoms. The minimum atomic E-state index is -1.07. The van der Waals surface area contributed by atoms with Crippen LogP contribution in [0, 0.1) is 48.0 Å². The number of terminal acetylenes is 2. The molecular weight excluding hydrogens is 572 g/mol. The third-order valence-corrected chi connectivity index (χ3v) is 6.84. The summed E-state index contributed by atoms with van der Waals surface area (Å²) in [5, 5.41) is 2.91. The van der Waals surface area contributed by atoms with E-state index in [1.165, 1.54) is 24.3 Å². The van der Waals surface area contributed by atoms with E-state index in [0.29, 0.717) is 37.6 Å². The lowest BCUT2D eigenvalue weighted by Gasteiger charge is -2.27. The summed E-state index contributed by atoms with van der Waals surface area (Å²) >= 11 is 0. The van der Waals surface area contributed by atoms with E-state index >= 15 is 0 Å². The summed E-state index contributed by atoms with van der Waals surface area (Å²) in [6, 6.07) is 12.4. The zero-order chi connectivity index (χ0) is 31.6. The van der Waals surface area contributed by atoms with Gasteiger partial charge < -0.3 is 10.1 Å². The molecule has 4 rings (SSSR count). The van der Waals surface area contributed by atoms with E-state index in [0.717, 1.165) is 24.3 Å². The first kappa shape index (κ1) is 31.8. The summed E-state index contributed by atoms with van der Waals surface area (Å²) in [6.07, 6.45) is 13.7. The number of Topliss-reactive ketones (excluding diaryl/α,β-unsaturated/α-hetero) is 1. The van der Waals surface area contributed by atoms with E-state index in [1.54, 1.807) is 24.3 Å². The van der Waals surface area contributed by atoms with Crippen molar-refractivity contribution in [3.63, 3.8) is 0 Å². The summed E-state index contributed by atoms with van der Waals surface area (Å²) in [5.41, 5.74) is 1.31. The van der Waals surface area contributed by atoms with Gasteiger partial charge in [-0.15, -0.1) is 12.8 Å². The van der Waals surface area contributed by atoms with Gasteiger partial charge in [0, 0.05) is 29.3 Å². The van der Waals surface area contributed by atoms with Gasteiger partial charge in [-0.25, -0.2) is 17.6 Å². The molecule has 0 atom stereocenters. The average Bonchev–Trinajstić information content (AvgIpc) is 2.99. The van der Waals surface area contributed by atoms with Gasteiger partial charge in [0.2, 0.25) is 0 Å². The predicted octanol–water partition coefficient (Wildman–Crippen LogP) is 5.82. The molecule has 0 bridgehead atoms. The Labute approximate surface area is 253 Å². The van der Waals surface area contributed by atoms with Crippen LogP contribution in [0.5, 0.6) is 5.75 Å². The van der Waals surface area contributed by atoms with Crippen LogP contribution in [-0.2, 0) is 4.79 Å². The van der Waals surface area contributed by atoms with Crippen molar-refractivity contribution in [2.75, 3.05) is 26.2 Å². The van der Waals surface area contributed by atoms with Crippen molar-refractivity contribution in [1.82, 2.24) is 10.2 Å². The Bertz CT molecular complexity index is 1590. The average molecular weight is 601 g/mol. The number of carbonyl (C=O) groups is 2. The number of nitrogens with zero attached hydrogens (tertiary/aromatic N) is 1. The van der Waals surface area contributed by atoms with Crippen molar-refractivity contribution in [3.8, 4) is 30.4 Å². The molecule has 224 valence electrons. The minimum Gasteiger partial charge on any atom is -0.492 e. The summed E-state index contributed by atoms with van der Waals surface area (Å²) in [7, 11) is 0. The Morgan fingerprint density at radius 2 is 1.36 bits per heavy atom. The number of hydrogen-bond acceptors (Lipinski definition) is 4. The molecule has 5 nitrogen and oxygen atoms in total. The van der Waals surface area contributed by atoms with Crippen LogP contribution in [0.4, 0.5) is 17.6 Å². The second-order valence-electron chi connectivity index (χ2n) is 10.1. The van der Waals surface area contributed by atoms with Gasteiger partial charge in [-0.2, -0.15) is 0 Å². The molecular formula is C35H28F4N2O3. The Morgan fingerprint density at radius 1 is 0.841 bits per heavy atom. The van der Waals surface area contributed by atoms with Gasteiger partial charge in [-0.05, 0) is 84.7 Å². The lowest BCUT2D eigenvalue weighted by atomic mass is 9.83. The molecule has 1 N–H and O–H groups in total. The van der Waals surface area contributed by atoms with E-state index in [-0.39, 0.29) is 35.1 Å². The second-order valence-corrected chi connectivity index (χ2v) is 10.1. The molecule has 0 saturated heterocycles. The van der Waals surface area contributed by atoms with Crippen LogP contribution in [0.15, 0.2) is 71.8 Å². The van der Waals surface area contributed by atoms with Crippen molar-refractivity contribution in [3.05, 3.63) is 112 Å². The molecule has 1 amide bonds. The topological polar surface area (TPSA) is 58.6 Å². The SMILES string of the molecule is C#CCN(CC#C)CCOc1ccc(C(=O)NC2C/C(=C\c3ccc(F)c(F)c3)C(=O)/C(=C/c3ccc(F)c(F)c3)C2)cc1. The van der Waals surface area contributed by atoms with Crippen LogP contribution in [0.2, 0.25) is 0 Å². The number of hydrogen-bond donors (Lipinski definition) is 1. The smallest absolute Gasteiger partial charge is 0.251 e. The van der Waals surface area contributed by atoms with Crippen molar-refractivity contribution < 1.29 is 31.9 Å². The number of halogens is 4. The fourth-order valence-electron chi connectivity index (χ4n) is 4.69. The molecule has 3 aromatic carbocycles. The Kier molecular flexibility index (Phi) is 10.7. The van der Waals surface area contributed by atoms with Gasteiger partial charge in [0.1, 0.15) is 12.4 Å². The zero-order valence-electron chi connectivity index (χ0n) is 23.6. The van der Waals surface area contributed by atoms with Crippen LogP contribution < -0.4 is 10.1 Å². The lowest BCUT2D eigenvalue weighted by Crippen LogP contribution is -2.39. The Balaban J connectivity index is 1.50. The molecule has 3 aromatic rings. The number of ether oxygens (including phenoxy) is 1. The summed E-state index contributed by atoms with van der Waals surface area (Å²) in [5.74, 6) is 0.597. The highest BCUT2D eigenvalue weighted by atomic mass is 19.2. The molecule has 0 aromatic heterocycles. The van der Waals surface area contributed by atoms with Gasteiger partial charge in [0.05, 0.1) is 13.1 Å². The van der Waals surface area contributed by atoms with Crippen LogP contribution in [0.25, 0.3) is 12.2 Å². The monoisotopic (exact) mass is 600 g/mol. The number of ketones is 1. The molecule has 44 heavy (non-hydrogen) atoms. The van der Waals surface area contributed by atoms with Crippen LogP contribution in [0.1, 0.15) is 34.3 Å². The highest BCUT2D eigenvalue weighted by Gasteiger charge is 2.29. The molecule has 0 unspecified atom stereocenters. The third kappa shape index (κ3) is 8.47. The van der Waals surface area contributed by atoms with Gasteiger partial charge in [-0.1, -0.05) is 24.0 Å². The molecule has 1 saturated carbocycles. The Hall–Kier alpha value is -5.12. The number of rotatable bonds is 10. The van der Waals surface area contributed by atoms with Crippen molar-refractivity contribution in [1.29, 1.82) is 0 Å². The van der Waals surface area contributed by atoms with Crippen LogP contribution >= 0.6 is 0 Å². The minimum absolute atomic E-state index is 0.103. The normalized spacial score (nSPS) is 16.5. The maximum Gasteiger partial charge on any atom is 0.251 e. The van der Waals surface area contributed by atoms with Crippen molar-refractivity contribution in [2.24, 2.45) is 0 Å². The fraction of sp³-hybridized carbons (Fsp3) is 0.200. The van der Waals surface area contributed by atoms with Gasteiger partial charge >= 0.3 is 0 Å². The van der Waals surface area contributed by atoms with Gasteiger partial charge in [0.15, 0.2) is 29.1 Å². The predicted molar refractivity (Wildman–Crippen MR) is 160 cm³/mol. The molecule has 0 heterocycles. The summed E-state index contributed by atoms with van der Waals surface area (Å²) in [4.78, 5) is 28.4. The highest BCUT2D eigenvalue weighted by Crippen LogP contribution is 2.29. The lowest BCUT2D eigenvalue weighted by molar-refractivity contribution is -0.113. The first-order chi connectivity index (χ1) is 21.2. The molecule has 9 heteroatoms. The highest BCUT2D eigenvalue weighted by molar-refractivity contribution is 6.14. The molecule has 0 aliphatic heterocycles. The number of carbonyl (C=O) groups excluding carboxylic acids is 2. The van der Waals surface area contributed by atoms with Gasteiger partial charge in [-0.3, -0.25) is 14.5 Å². The zero-order valence-corrected chi connectivity index (χ0v) is 23.6. The van der Waals surface area contributed by atoms with Gasteiger partial charge in [0.25, 0.3) is 5.91 Å². The van der Waals surface area contributed by atoms with Crippen molar-refractivity contribution >= 4 is 23.8 Å². The number of amides is 1. The van der Waals surface area contributed by atoms with E-state index in [9.17, 15) is 27.2 Å². The quantitative estimate of drug-likeness (QED) is 0.181. The molecule has 1 aliphatic rings. The van der Waals surface area contributed by atoms with Crippen LogP contribution in [-0.4, -0.2) is 48.9 Å². The second kappa shape index (κ2) is 14.9. The standard InChI is InChI=1S/C35H28F4N2O3/c1-3-13-41(14-4-2)15-16-44-29-9-7-25(8-10-29)35(43)40-28-21-26(17-23-5-11-30(36)32(38)19-23)34(42)27(22-28)18-24-6-12-31(37)33(39)20-24/h1-2,5-12,17-20,28H,13-16,21-22H2,(H,40,43)/b26-17+,27-18+. The molecule has 1 fully saturated rings. The van der Waals surface area contributed by atoms with E-state index in [2.05, 4.69) is 17.2 Å². The maximum atomic E-state index is 13.8. The van der Waals surface area contributed by atoms with E-state index in [4.69, 9.17) is 17.6 Å². The van der Waals surface area contributed by atoms with E-state index < -0.39 is 41.0 Å². The van der Waals surface area contributed by atoms with Crippen LogP contribution in [0.3, 0.4) is 0 Å². The summed E-state index contributed by atoms with van der Waals surface area (Å²) in [6.45, 7) is 1.66. The molecule has 1 aliphatic carbocycles. The third-order valence-electron chi connectivity index (χ3n) is 6.84. The maximum absolute atomic E-state index is 13.8. The first-order valence-corrected chi connectivity index (χ1v) is 13.7. The fourth-order valence-corrected chi connectivity index (χ4v) is 4.69. The largest absolute Gasteiger partial charge is 0.492 e. The number of nitrogens with one attached hydrogen (secondary N) is 1. The van der Waals surface area contributed by atoms with Crippen molar-refractivity contribution in [2.45, 2.75) is 18.9 Å². The Morgan fingerprint density at radius 3 is 1.84 bits per heavy atom. The van der Waals surface area contributed by atoms with E-state index in [1.807, 2.05) is 4.90 Å². The molecule has 0 radical (unpaired) electrons. The number of benzene rings is 3.